The molecule has 0 unspecified atom stereocenters. The van der Waals surface area contributed by atoms with Crippen LogP contribution in [0.1, 0.15) is 50.5 Å². The smallest absolute Gasteiger partial charge is 0.326 e. The third kappa shape index (κ3) is 7.41. The summed E-state index contributed by atoms with van der Waals surface area (Å²) >= 11 is 0. The van der Waals surface area contributed by atoms with Crippen LogP contribution in [-0.4, -0.2) is 82.6 Å². The van der Waals surface area contributed by atoms with Gasteiger partial charge in [-0.15, -0.1) is 0 Å². The molecule has 0 radical (unpaired) electrons. The molecule has 1 aromatic rings. The molecule has 0 spiro atoms. The molecular formula is C25H37N5O6. The number of carboxylic acid groups (broad SMARTS) is 1. The van der Waals surface area contributed by atoms with E-state index in [1.807, 2.05) is 0 Å². The number of carbonyl (C=O) groups is 4. The normalized spacial score (nSPS) is 21.1. The van der Waals surface area contributed by atoms with Crippen LogP contribution in [0.2, 0.25) is 0 Å². The van der Waals surface area contributed by atoms with Crippen LogP contribution in [0.25, 0.3) is 0 Å². The summed E-state index contributed by atoms with van der Waals surface area (Å²) in [5.74, 6) is -2.24. The average molecular weight is 504 g/mol. The second-order valence-corrected chi connectivity index (χ2v) is 9.45. The topological polar surface area (TPSA) is 174 Å². The van der Waals surface area contributed by atoms with Crippen molar-refractivity contribution in [2.75, 3.05) is 19.6 Å². The predicted octanol–water partition coefficient (Wildman–Crippen LogP) is -0.139. The third-order valence-electron chi connectivity index (χ3n) is 6.77. The van der Waals surface area contributed by atoms with E-state index < -0.39 is 35.9 Å². The Labute approximate surface area is 210 Å². The summed E-state index contributed by atoms with van der Waals surface area (Å²) in [6, 6.07) is 2.96. The molecule has 3 rings (SSSR count). The molecule has 0 saturated carbocycles. The molecule has 3 amide bonds. The Morgan fingerprint density at radius 1 is 1.06 bits per heavy atom. The molecule has 0 aromatic heterocycles. The first kappa shape index (κ1) is 27.4. The van der Waals surface area contributed by atoms with Crippen LogP contribution in [0.15, 0.2) is 24.3 Å². The molecular weight excluding hydrogens is 466 g/mol. The first-order chi connectivity index (χ1) is 17.3. The number of carboxylic acids is 1. The van der Waals surface area contributed by atoms with Gasteiger partial charge in [-0.1, -0.05) is 12.1 Å². The van der Waals surface area contributed by atoms with Gasteiger partial charge in [-0.05, 0) is 75.7 Å². The lowest BCUT2D eigenvalue weighted by Crippen LogP contribution is -2.56. The number of unbranched alkanes of at least 4 members (excludes halogenated alkanes) is 1. The maximum absolute atomic E-state index is 13.2. The van der Waals surface area contributed by atoms with Crippen molar-refractivity contribution >= 4 is 23.7 Å². The second-order valence-electron chi connectivity index (χ2n) is 9.45. The number of phenols is 1. The molecule has 2 fully saturated rings. The van der Waals surface area contributed by atoms with Crippen molar-refractivity contribution in [2.45, 2.75) is 75.5 Å². The van der Waals surface area contributed by atoms with Crippen molar-refractivity contribution in [2.24, 2.45) is 5.73 Å². The molecule has 2 saturated heterocycles. The summed E-state index contributed by atoms with van der Waals surface area (Å²) in [4.78, 5) is 52.7. The van der Waals surface area contributed by atoms with Gasteiger partial charge in [-0.25, -0.2) is 4.79 Å². The average Bonchev–Trinajstić information content (AvgIpc) is 3.56. The highest BCUT2D eigenvalue weighted by atomic mass is 16.4. The standard InChI is InChI=1S/C25H37N5O6/c26-12-2-1-5-18(22(32)29-20(25(35)36)15-16-8-10-17(31)11-9-16)28-23(33)21-7-4-14-30(21)24(34)19-6-3-13-27-19/h8-11,18-21,27,31H,1-7,12-15,26H2,(H,28,33)(H,29,32)(H,35,36)/t18-,19-,20-,21-/m0/s1. The number of likely N-dealkylation sites (tertiary alicyclic amines) is 1. The van der Waals surface area contributed by atoms with Crippen LogP contribution in [0.3, 0.4) is 0 Å². The number of carbonyl (C=O) groups excluding carboxylic acids is 3. The van der Waals surface area contributed by atoms with Crippen LogP contribution >= 0.6 is 0 Å². The Morgan fingerprint density at radius 3 is 2.44 bits per heavy atom. The highest BCUT2D eigenvalue weighted by Gasteiger charge is 2.39. The lowest BCUT2D eigenvalue weighted by Gasteiger charge is -2.28. The maximum Gasteiger partial charge on any atom is 0.326 e. The van der Waals surface area contributed by atoms with E-state index in [9.17, 15) is 29.4 Å². The number of nitrogens with zero attached hydrogens (tertiary/aromatic N) is 1. The van der Waals surface area contributed by atoms with E-state index >= 15 is 0 Å². The SMILES string of the molecule is NCCCC[C@H](NC(=O)[C@@H]1CCCN1C(=O)[C@@H]1CCCN1)C(=O)N[C@@H](Cc1ccc(O)cc1)C(=O)O. The van der Waals surface area contributed by atoms with Crippen molar-refractivity contribution < 1.29 is 29.4 Å². The van der Waals surface area contributed by atoms with E-state index in [2.05, 4.69) is 16.0 Å². The fraction of sp³-hybridized carbons (Fsp3) is 0.600. The summed E-state index contributed by atoms with van der Waals surface area (Å²) in [7, 11) is 0. The first-order valence-corrected chi connectivity index (χ1v) is 12.7. The first-order valence-electron chi connectivity index (χ1n) is 12.7. The second kappa shape index (κ2) is 13.2. The number of benzene rings is 1. The minimum atomic E-state index is -1.21. The summed E-state index contributed by atoms with van der Waals surface area (Å²) in [5, 5.41) is 27.6. The molecule has 36 heavy (non-hydrogen) atoms. The predicted molar refractivity (Wildman–Crippen MR) is 132 cm³/mol. The zero-order valence-electron chi connectivity index (χ0n) is 20.4. The van der Waals surface area contributed by atoms with Crippen LogP contribution in [0, 0.1) is 0 Å². The minimum absolute atomic E-state index is 0.0180. The van der Waals surface area contributed by atoms with E-state index in [1.54, 1.807) is 17.0 Å². The number of aromatic hydroxyl groups is 1. The molecule has 4 atom stereocenters. The van der Waals surface area contributed by atoms with Crippen molar-refractivity contribution in [1.82, 2.24) is 20.9 Å². The van der Waals surface area contributed by atoms with E-state index in [-0.39, 0.29) is 24.1 Å². The number of amides is 3. The van der Waals surface area contributed by atoms with Crippen molar-refractivity contribution in [3.8, 4) is 5.75 Å². The quantitative estimate of drug-likeness (QED) is 0.214. The Morgan fingerprint density at radius 2 is 1.81 bits per heavy atom. The Bertz CT molecular complexity index is 918. The van der Waals surface area contributed by atoms with Gasteiger partial charge in [0, 0.05) is 13.0 Å². The van der Waals surface area contributed by atoms with Gasteiger partial charge in [0.1, 0.15) is 23.9 Å². The number of phenolic OH excluding ortho intramolecular Hbond substituents is 1. The van der Waals surface area contributed by atoms with Crippen LogP contribution < -0.4 is 21.7 Å². The number of rotatable bonds is 12. The van der Waals surface area contributed by atoms with Crippen molar-refractivity contribution in [3.63, 3.8) is 0 Å². The maximum atomic E-state index is 13.2. The van der Waals surface area contributed by atoms with Gasteiger partial charge in [-0.2, -0.15) is 0 Å². The molecule has 0 aliphatic carbocycles. The van der Waals surface area contributed by atoms with Crippen molar-refractivity contribution in [3.05, 3.63) is 29.8 Å². The van der Waals surface area contributed by atoms with E-state index in [1.165, 1.54) is 12.1 Å². The van der Waals surface area contributed by atoms with Gasteiger partial charge < -0.3 is 36.8 Å². The summed E-state index contributed by atoms with van der Waals surface area (Å²) in [6.07, 6.45) is 4.41. The third-order valence-corrected chi connectivity index (χ3v) is 6.77. The lowest BCUT2D eigenvalue weighted by molar-refractivity contribution is -0.143. The molecule has 0 bridgehead atoms. The minimum Gasteiger partial charge on any atom is -0.508 e. The Hall–Kier alpha value is -3.18. The van der Waals surface area contributed by atoms with Crippen LogP contribution in [-0.2, 0) is 25.6 Å². The highest BCUT2D eigenvalue weighted by molar-refractivity contribution is 5.94. The summed E-state index contributed by atoms with van der Waals surface area (Å²) < 4.78 is 0. The number of hydrogen-bond donors (Lipinski definition) is 6. The van der Waals surface area contributed by atoms with Crippen LogP contribution in [0.4, 0.5) is 0 Å². The zero-order chi connectivity index (χ0) is 26.1. The molecule has 7 N–H and O–H groups in total. The fourth-order valence-electron chi connectivity index (χ4n) is 4.77. The fourth-order valence-corrected chi connectivity index (χ4v) is 4.77. The molecule has 198 valence electrons. The number of aliphatic carboxylic acids is 1. The molecule has 11 nitrogen and oxygen atoms in total. The molecule has 2 heterocycles. The van der Waals surface area contributed by atoms with Gasteiger partial charge in [-0.3, -0.25) is 14.4 Å². The van der Waals surface area contributed by atoms with E-state index in [0.717, 1.165) is 19.4 Å². The zero-order valence-corrected chi connectivity index (χ0v) is 20.4. The number of nitrogens with two attached hydrogens (primary N) is 1. The molecule has 2 aliphatic heterocycles. The highest BCUT2D eigenvalue weighted by Crippen LogP contribution is 2.21. The molecule has 1 aromatic carbocycles. The lowest BCUT2D eigenvalue weighted by atomic mass is 10.0. The number of hydrogen-bond acceptors (Lipinski definition) is 7. The summed E-state index contributed by atoms with van der Waals surface area (Å²) in [5.41, 5.74) is 6.22. The Balaban J connectivity index is 1.66. The molecule has 2 aliphatic rings. The molecule has 11 heteroatoms. The number of nitrogens with one attached hydrogen (secondary N) is 3. The van der Waals surface area contributed by atoms with Crippen LogP contribution in [0.5, 0.6) is 5.75 Å². The summed E-state index contributed by atoms with van der Waals surface area (Å²) in [6.45, 7) is 1.70. The largest absolute Gasteiger partial charge is 0.508 e. The van der Waals surface area contributed by atoms with Gasteiger partial charge in [0.15, 0.2) is 0 Å². The van der Waals surface area contributed by atoms with Gasteiger partial charge in [0.2, 0.25) is 17.7 Å². The Kier molecular flexibility index (Phi) is 10.1. The van der Waals surface area contributed by atoms with Gasteiger partial charge >= 0.3 is 5.97 Å². The van der Waals surface area contributed by atoms with E-state index in [0.29, 0.717) is 50.8 Å². The van der Waals surface area contributed by atoms with Gasteiger partial charge in [0.25, 0.3) is 0 Å². The van der Waals surface area contributed by atoms with Gasteiger partial charge in [0.05, 0.1) is 6.04 Å². The van der Waals surface area contributed by atoms with E-state index in [4.69, 9.17) is 5.73 Å². The monoisotopic (exact) mass is 503 g/mol. The van der Waals surface area contributed by atoms with Crippen molar-refractivity contribution in [1.29, 1.82) is 0 Å².